The Morgan fingerprint density at radius 3 is 2.88 bits per heavy atom. The summed E-state index contributed by atoms with van der Waals surface area (Å²) < 4.78 is 0. The quantitative estimate of drug-likeness (QED) is 0.265. The molecule has 1 aromatic carbocycles. The number of unbranched alkanes of at least 4 members (excludes halogenated alkanes) is 1. The minimum absolute atomic E-state index is 0.0241. The van der Waals surface area contributed by atoms with Crippen molar-refractivity contribution in [2.75, 3.05) is 6.54 Å². The molecule has 2 aromatic rings. The first-order valence-electron chi connectivity index (χ1n) is 7.79. The van der Waals surface area contributed by atoms with Crippen molar-refractivity contribution in [1.82, 2.24) is 5.32 Å². The summed E-state index contributed by atoms with van der Waals surface area (Å²) in [5, 5.41) is 22.8. The Kier molecular flexibility index (Phi) is 6.43. The molecule has 6 nitrogen and oxygen atoms in total. The van der Waals surface area contributed by atoms with Crippen molar-refractivity contribution in [2.24, 2.45) is 0 Å². The zero-order valence-corrected chi connectivity index (χ0v) is 14.5. The van der Waals surface area contributed by atoms with Crippen LogP contribution >= 0.6 is 11.3 Å². The second kappa shape index (κ2) is 8.76. The molecular weight excluding hydrogens is 338 g/mol. The predicted molar refractivity (Wildman–Crippen MR) is 97.9 cm³/mol. The largest absolute Gasteiger partial charge is 0.351 e. The molecule has 0 fully saturated rings. The molecule has 0 saturated carbocycles. The van der Waals surface area contributed by atoms with Gasteiger partial charge in [0.25, 0.3) is 11.6 Å². The second-order valence-electron chi connectivity index (χ2n) is 5.29. The van der Waals surface area contributed by atoms with Gasteiger partial charge in [0.2, 0.25) is 0 Å². The summed E-state index contributed by atoms with van der Waals surface area (Å²) in [7, 11) is 0. The smallest absolute Gasteiger partial charge is 0.270 e. The van der Waals surface area contributed by atoms with Crippen LogP contribution in [0.4, 0.5) is 5.69 Å². The van der Waals surface area contributed by atoms with Gasteiger partial charge in [-0.25, -0.2) is 0 Å². The third-order valence-electron chi connectivity index (χ3n) is 3.44. The molecule has 2 rings (SSSR count). The highest BCUT2D eigenvalue weighted by molar-refractivity contribution is 7.16. The highest BCUT2D eigenvalue weighted by Gasteiger charge is 2.11. The fourth-order valence-corrected chi connectivity index (χ4v) is 3.07. The number of thiophene rings is 1. The summed E-state index contributed by atoms with van der Waals surface area (Å²) in [6.07, 6.45) is 3.36. The van der Waals surface area contributed by atoms with E-state index in [0.29, 0.717) is 6.54 Å². The number of nitro benzene ring substituents is 1. The molecule has 0 spiro atoms. The van der Waals surface area contributed by atoms with E-state index in [-0.39, 0.29) is 17.2 Å². The molecule has 1 aromatic heterocycles. The van der Waals surface area contributed by atoms with Gasteiger partial charge in [-0.15, -0.1) is 11.3 Å². The van der Waals surface area contributed by atoms with Crippen LogP contribution in [-0.4, -0.2) is 17.4 Å². The topological polar surface area (TPSA) is 96.0 Å². The monoisotopic (exact) mass is 355 g/mol. The SMILES string of the molecule is CCCCNC(=O)/C(C#N)=C/c1ccc(-c2cccc([N+](=O)[O-])c2)s1. The highest BCUT2D eigenvalue weighted by atomic mass is 32.1. The van der Waals surface area contributed by atoms with Gasteiger partial charge < -0.3 is 5.32 Å². The number of rotatable bonds is 7. The zero-order chi connectivity index (χ0) is 18.2. The lowest BCUT2D eigenvalue weighted by atomic mass is 10.1. The number of nitro groups is 1. The van der Waals surface area contributed by atoms with E-state index in [0.717, 1.165) is 28.2 Å². The Balaban J connectivity index is 2.19. The van der Waals surface area contributed by atoms with Crippen LogP contribution in [-0.2, 0) is 4.79 Å². The molecular formula is C18H17N3O3S. The maximum absolute atomic E-state index is 12.0. The Morgan fingerprint density at radius 1 is 1.40 bits per heavy atom. The number of amides is 1. The van der Waals surface area contributed by atoms with Gasteiger partial charge in [0.05, 0.1) is 4.92 Å². The molecule has 0 radical (unpaired) electrons. The van der Waals surface area contributed by atoms with Crippen molar-refractivity contribution in [2.45, 2.75) is 19.8 Å². The standard InChI is InChI=1S/C18H17N3O3S/c1-2-3-9-20-18(22)14(12-19)11-16-7-8-17(25-16)13-5-4-6-15(10-13)21(23)24/h4-8,10-11H,2-3,9H2,1H3,(H,20,22)/b14-11+. The van der Waals surface area contributed by atoms with E-state index in [1.807, 2.05) is 19.1 Å². The van der Waals surface area contributed by atoms with Gasteiger partial charge in [-0.2, -0.15) is 5.26 Å². The number of carbonyl (C=O) groups is 1. The fraction of sp³-hybridized carbons (Fsp3) is 0.222. The summed E-state index contributed by atoms with van der Waals surface area (Å²) in [5.74, 6) is -0.388. The van der Waals surface area contributed by atoms with Gasteiger partial charge in [-0.05, 0) is 30.2 Å². The number of nitriles is 1. The molecule has 0 aliphatic carbocycles. The fourth-order valence-electron chi connectivity index (χ4n) is 2.12. The van der Waals surface area contributed by atoms with Gasteiger partial charge in [0, 0.05) is 28.4 Å². The summed E-state index contributed by atoms with van der Waals surface area (Å²) in [4.78, 5) is 24.0. The summed E-state index contributed by atoms with van der Waals surface area (Å²) in [6, 6.07) is 11.9. The summed E-state index contributed by atoms with van der Waals surface area (Å²) >= 11 is 1.37. The zero-order valence-electron chi connectivity index (χ0n) is 13.7. The molecule has 0 saturated heterocycles. The van der Waals surface area contributed by atoms with Gasteiger partial charge in [0.1, 0.15) is 11.6 Å². The number of nitrogens with one attached hydrogen (secondary N) is 1. The molecule has 128 valence electrons. The Hall–Kier alpha value is -2.98. The predicted octanol–water partition coefficient (Wildman–Crippen LogP) is 4.15. The molecule has 0 aliphatic rings. The van der Waals surface area contributed by atoms with Gasteiger partial charge in [0.15, 0.2) is 0 Å². The van der Waals surface area contributed by atoms with Gasteiger partial charge in [-0.1, -0.05) is 25.5 Å². The van der Waals surface area contributed by atoms with Crippen molar-refractivity contribution in [3.63, 3.8) is 0 Å². The van der Waals surface area contributed by atoms with Crippen LogP contribution in [0.1, 0.15) is 24.6 Å². The first-order chi connectivity index (χ1) is 12.0. The van der Waals surface area contributed by atoms with Crippen LogP contribution in [0.15, 0.2) is 42.0 Å². The van der Waals surface area contributed by atoms with Crippen molar-refractivity contribution < 1.29 is 9.72 Å². The van der Waals surface area contributed by atoms with Gasteiger partial charge >= 0.3 is 0 Å². The minimum Gasteiger partial charge on any atom is -0.351 e. The molecule has 25 heavy (non-hydrogen) atoms. The van der Waals surface area contributed by atoms with Crippen LogP contribution in [0, 0.1) is 21.4 Å². The first kappa shape index (κ1) is 18.4. The van der Waals surface area contributed by atoms with E-state index in [1.54, 1.807) is 18.2 Å². The molecule has 0 bridgehead atoms. The molecule has 0 atom stereocenters. The molecule has 1 N–H and O–H groups in total. The van der Waals surface area contributed by atoms with E-state index in [2.05, 4.69) is 5.32 Å². The lowest BCUT2D eigenvalue weighted by molar-refractivity contribution is -0.384. The third kappa shape index (κ3) is 4.99. The number of carbonyl (C=O) groups excluding carboxylic acids is 1. The molecule has 7 heteroatoms. The molecule has 0 aliphatic heterocycles. The Labute approximate surface area is 149 Å². The number of hydrogen-bond acceptors (Lipinski definition) is 5. The lowest BCUT2D eigenvalue weighted by Crippen LogP contribution is -2.25. The second-order valence-corrected chi connectivity index (χ2v) is 6.40. The van der Waals surface area contributed by atoms with Crippen LogP contribution < -0.4 is 5.32 Å². The number of non-ortho nitro benzene ring substituents is 1. The van der Waals surface area contributed by atoms with Gasteiger partial charge in [-0.3, -0.25) is 14.9 Å². The average molecular weight is 355 g/mol. The maximum atomic E-state index is 12.0. The van der Waals surface area contributed by atoms with Crippen molar-refractivity contribution in [3.8, 4) is 16.5 Å². The number of hydrogen-bond donors (Lipinski definition) is 1. The lowest BCUT2D eigenvalue weighted by Gasteiger charge is -2.02. The average Bonchev–Trinajstić information content (AvgIpc) is 3.08. The summed E-state index contributed by atoms with van der Waals surface area (Å²) in [6.45, 7) is 2.56. The molecule has 1 amide bonds. The highest BCUT2D eigenvalue weighted by Crippen LogP contribution is 2.31. The van der Waals surface area contributed by atoms with Crippen LogP contribution in [0.5, 0.6) is 0 Å². The number of nitrogens with zero attached hydrogens (tertiary/aromatic N) is 2. The van der Waals surface area contributed by atoms with Crippen LogP contribution in [0.25, 0.3) is 16.5 Å². The normalized spacial score (nSPS) is 11.0. The van der Waals surface area contributed by atoms with Crippen molar-refractivity contribution >= 4 is 29.0 Å². The van der Waals surface area contributed by atoms with Crippen molar-refractivity contribution in [3.05, 3.63) is 57.0 Å². The van der Waals surface area contributed by atoms with E-state index in [9.17, 15) is 20.2 Å². The Bertz CT molecular complexity index is 849. The molecule has 0 unspecified atom stereocenters. The van der Waals surface area contributed by atoms with E-state index in [1.165, 1.54) is 29.5 Å². The van der Waals surface area contributed by atoms with Crippen LogP contribution in [0.2, 0.25) is 0 Å². The summed E-state index contributed by atoms with van der Waals surface area (Å²) in [5.41, 5.74) is 0.796. The third-order valence-corrected chi connectivity index (χ3v) is 4.52. The first-order valence-corrected chi connectivity index (χ1v) is 8.61. The van der Waals surface area contributed by atoms with Crippen LogP contribution in [0.3, 0.4) is 0 Å². The number of benzene rings is 1. The maximum Gasteiger partial charge on any atom is 0.270 e. The molecule has 1 heterocycles. The minimum atomic E-state index is -0.438. The van der Waals surface area contributed by atoms with E-state index in [4.69, 9.17) is 0 Å². The van der Waals surface area contributed by atoms with Crippen molar-refractivity contribution in [1.29, 1.82) is 5.26 Å². The van der Waals surface area contributed by atoms with E-state index < -0.39 is 4.92 Å². The Morgan fingerprint density at radius 2 is 2.20 bits per heavy atom. The van der Waals surface area contributed by atoms with E-state index >= 15 is 0 Å².